The molecule has 0 aliphatic carbocycles. The molecule has 8 nitrogen and oxygen atoms in total. The number of nitrogens with two attached hydrogens (primary N) is 1. The van der Waals surface area contributed by atoms with Crippen LogP contribution in [0.15, 0.2) is 46.5 Å². The molecule has 3 rings (SSSR count). The molecule has 0 aliphatic rings. The van der Waals surface area contributed by atoms with Crippen molar-refractivity contribution in [2.24, 2.45) is 5.14 Å². The van der Waals surface area contributed by atoms with Gasteiger partial charge < -0.3 is 4.57 Å². The molecule has 0 aliphatic heterocycles. The SMILES string of the molecule is CCn1c(SCc2cccc([N+](=O)[O-])c2C)nc2cc(S(N)(=O)=O)ccc21. The van der Waals surface area contributed by atoms with Crippen molar-refractivity contribution >= 4 is 38.5 Å². The molecule has 0 spiro atoms. The summed E-state index contributed by atoms with van der Waals surface area (Å²) in [5.74, 6) is 0.513. The van der Waals surface area contributed by atoms with Crippen LogP contribution in [0.2, 0.25) is 0 Å². The second-order valence-electron chi connectivity index (χ2n) is 5.94. The number of rotatable bonds is 6. The van der Waals surface area contributed by atoms with Crippen molar-refractivity contribution in [1.29, 1.82) is 0 Å². The molecular weight excluding hydrogens is 388 g/mol. The number of sulfonamides is 1. The third-order valence-corrected chi connectivity index (χ3v) is 6.24. The highest BCUT2D eigenvalue weighted by molar-refractivity contribution is 7.98. The zero-order valence-electron chi connectivity index (χ0n) is 14.7. The Morgan fingerprint density at radius 1 is 1.30 bits per heavy atom. The van der Waals surface area contributed by atoms with E-state index in [1.807, 2.05) is 17.6 Å². The number of nitrogens with zero attached hydrogens (tertiary/aromatic N) is 3. The topological polar surface area (TPSA) is 121 Å². The molecule has 0 fully saturated rings. The molecule has 1 aromatic heterocycles. The summed E-state index contributed by atoms with van der Waals surface area (Å²) in [6.07, 6.45) is 0. The number of aromatic nitrogens is 2. The lowest BCUT2D eigenvalue weighted by Gasteiger charge is -2.08. The van der Waals surface area contributed by atoms with Crippen LogP contribution >= 0.6 is 11.8 Å². The first-order valence-electron chi connectivity index (χ1n) is 8.11. The average Bonchev–Trinajstić information content (AvgIpc) is 2.96. The van der Waals surface area contributed by atoms with E-state index in [1.54, 1.807) is 19.1 Å². The van der Waals surface area contributed by atoms with Gasteiger partial charge >= 0.3 is 0 Å². The summed E-state index contributed by atoms with van der Waals surface area (Å²) in [4.78, 5) is 15.3. The molecule has 0 amide bonds. The summed E-state index contributed by atoms with van der Waals surface area (Å²) in [7, 11) is -3.80. The van der Waals surface area contributed by atoms with Crippen molar-refractivity contribution in [2.75, 3.05) is 0 Å². The van der Waals surface area contributed by atoms with Crippen LogP contribution in [-0.4, -0.2) is 22.9 Å². The summed E-state index contributed by atoms with van der Waals surface area (Å²) < 4.78 is 25.1. The average molecular weight is 406 g/mol. The first-order valence-corrected chi connectivity index (χ1v) is 10.6. The Kier molecular flexibility index (Phi) is 5.22. The predicted octanol–water partition coefficient (Wildman–Crippen LogP) is 3.21. The van der Waals surface area contributed by atoms with Crippen LogP contribution in [0.5, 0.6) is 0 Å². The van der Waals surface area contributed by atoms with Gasteiger partial charge in [-0.3, -0.25) is 10.1 Å². The van der Waals surface area contributed by atoms with E-state index in [2.05, 4.69) is 4.98 Å². The Bertz CT molecular complexity index is 1140. The maximum Gasteiger partial charge on any atom is 0.272 e. The number of thioether (sulfide) groups is 1. The molecule has 27 heavy (non-hydrogen) atoms. The van der Waals surface area contributed by atoms with E-state index >= 15 is 0 Å². The lowest BCUT2D eigenvalue weighted by atomic mass is 10.1. The summed E-state index contributed by atoms with van der Waals surface area (Å²) in [6, 6.07) is 9.62. The van der Waals surface area contributed by atoms with Crippen LogP contribution < -0.4 is 5.14 Å². The number of primary sulfonamides is 1. The lowest BCUT2D eigenvalue weighted by Crippen LogP contribution is -2.11. The van der Waals surface area contributed by atoms with Gasteiger partial charge in [0.15, 0.2) is 5.16 Å². The minimum atomic E-state index is -3.80. The fraction of sp³-hybridized carbons (Fsp3) is 0.235. The van der Waals surface area contributed by atoms with Crippen LogP contribution in [0.3, 0.4) is 0 Å². The van der Waals surface area contributed by atoms with Gasteiger partial charge in [0.1, 0.15) is 0 Å². The van der Waals surface area contributed by atoms with Crippen LogP contribution in [0.25, 0.3) is 11.0 Å². The van der Waals surface area contributed by atoms with Gasteiger partial charge in [0.25, 0.3) is 5.69 Å². The standard InChI is InChI=1S/C17H18N4O4S2/c1-3-20-16-8-7-13(27(18,24)25)9-14(16)19-17(20)26-10-12-5-4-6-15(11(12)2)21(22)23/h4-9H,3,10H2,1-2H3,(H2,18,24,25). The third kappa shape index (κ3) is 3.82. The van der Waals surface area contributed by atoms with E-state index < -0.39 is 10.0 Å². The van der Waals surface area contributed by atoms with E-state index in [4.69, 9.17) is 5.14 Å². The molecule has 0 bridgehead atoms. The number of fused-ring (bicyclic) bond motifs is 1. The highest BCUT2D eigenvalue weighted by Gasteiger charge is 2.17. The summed E-state index contributed by atoms with van der Waals surface area (Å²) in [6.45, 7) is 4.36. The number of nitro benzene ring substituents is 1. The summed E-state index contributed by atoms with van der Waals surface area (Å²) in [5.41, 5.74) is 2.93. The monoisotopic (exact) mass is 406 g/mol. The van der Waals surface area contributed by atoms with Crippen molar-refractivity contribution < 1.29 is 13.3 Å². The second-order valence-corrected chi connectivity index (χ2v) is 8.45. The maximum atomic E-state index is 11.6. The van der Waals surface area contributed by atoms with Gasteiger partial charge in [-0.2, -0.15) is 0 Å². The zero-order chi connectivity index (χ0) is 19.8. The first-order chi connectivity index (χ1) is 12.7. The Balaban J connectivity index is 1.96. The smallest absolute Gasteiger partial charge is 0.272 e. The highest BCUT2D eigenvalue weighted by atomic mass is 32.2. The van der Waals surface area contributed by atoms with Crippen molar-refractivity contribution in [3.63, 3.8) is 0 Å². The molecular formula is C17H18N4O4S2. The predicted molar refractivity (Wildman–Crippen MR) is 104 cm³/mol. The zero-order valence-corrected chi connectivity index (χ0v) is 16.4. The Labute approximate surface area is 160 Å². The van der Waals surface area contributed by atoms with Crippen molar-refractivity contribution in [3.05, 3.63) is 57.6 Å². The number of hydrogen-bond donors (Lipinski definition) is 1. The molecule has 0 radical (unpaired) electrons. The van der Waals surface area contributed by atoms with Crippen LogP contribution in [0, 0.1) is 17.0 Å². The minimum absolute atomic E-state index is 0.0156. The van der Waals surface area contributed by atoms with Gasteiger partial charge in [0.2, 0.25) is 10.0 Å². The minimum Gasteiger partial charge on any atom is -0.319 e. The molecule has 0 saturated heterocycles. The second kappa shape index (κ2) is 7.29. The molecule has 0 saturated carbocycles. The first kappa shape index (κ1) is 19.3. The highest BCUT2D eigenvalue weighted by Crippen LogP contribution is 2.30. The lowest BCUT2D eigenvalue weighted by molar-refractivity contribution is -0.385. The van der Waals surface area contributed by atoms with E-state index in [9.17, 15) is 18.5 Å². The van der Waals surface area contributed by atoms with Gasteiger partial charge in [-0.05, 0) is 37.6 Å². The van der Waals surface area contributed by atoms with E-state index in [0.29, 0.717) is 28.5 Å². The van der Waals surface area contributed by atoms with Crippen molar-refractivity contribution in [2.45, 2.75) is 36.2 Å². The normalized spacial score (nSPS) is 11.8. The number of benzene rings is 2. The molecule has 0 atom stereocenters. The van der Waals surface area contributed by atoms with Crippen molar-refractivity contribution in [3.8, 4) is 0 Å². The molecule has 0 unspecified atom stereocenters. The van der Waals surface area contributed by atoms with Gasteiger partial charge in [0.05, 0.1) is 20.9 Å². The van der Waals surface area contributed by atoms with Gasteiger partial charge in [-0.1, -0.05) is 23.9 Å². The molecule has 1 heterocycles. The van der Waals surface area contributed by atoms with E-state index in [1.165, 1.54) is 30.0 Å². The third-order valence-electron chi connectivity index (χ3n) is 4.30. The Morgan fingerprint density at radius 3 is 2.67 bits per heavy atom. The largest absolute Gasteiger partial charge is 0.319 e. The molecule has 2 aromatic carbocycles. The van der Waals surface area contributed by atoms with Gasteiger partial charge in [-0.25, -0.2) is 18.5 Å². The fourth-order valence-corrected chi connectivity index (χ4v) is 4.52. The van der Waals surface area contributed by atoms with E-state index in [-0.39, 0.29) is 15.5 Å². The summed E-state index contributed by atoms with van der Waals surface area (Å²) >= 11 is 1.45. The molecule has 142 valence electrons. The number of imidazole rings is 1. The summed E-state index contributed by atoms with van der Waals surface area (Å²) in [5, 5.41) is 17.0. The number of nitro groups is 1. The maximum absolute atomic E-state index is 11.6. The number of aryl methyl sites for hydroxylation is 1. The van der Waals surface area contributed by atoms with Crippen LogP contribution in [0.4, 0.5) is 5.69 Å². The fourth-order valence-electron chi connectivity index (χ4n) is 2.85. The van der Waals surface area contributed by atoms with Crippen LogP contribution in [0.1, 0.15) is 18.1 Å². The quantitative estimate of drug-likeness (QED) is 0.381. The molecule has 3 aromatic rings. The number of hydrogen-bond acceptors (Lipinski definition) is 6. The van der Waals surface area contributed by atoms with Gasteiger partial charge in [-0.15, -0.1) is 0 Å². The van der Waals surface area contributed by atoms with Gasteiger partial charge in [0, 0.05) is 23.9 Å². The van der Waals surface area contributed by atoms with E-state index in [0.717, 1.165) is 11.1 Å². The Morgan fingerprint density at radius 2 is 2.04 bits per heavy atom. The Hall–Kier alpha value is -2.43. The van der Waals surface area contributed by atoms with Crippen molar-refractivity contribution in [1.82, 2.24) is 9.55 Å². The van der Waals surface area contributed by atoms with Crippen LogP contribution in [-0.2, 0) is 22.3 Å². The molecule has 10 heteroatoms. The molecule has 2 N–H and O–H groups in total.